The molecule has 1 saturated heterocycles. The van der Waals surface area contributed by atoms with Gasteiger partial charge < -0.3 is 9.64 Å². The quantitative estimate of drug-likeness (QED) is 0.700. The van der Waals surface area contributed by atoms with Crippen LogP contribution in [0, 0.1) is 12.8 Å². The van der Waals surface area contributed by atoms with E-state index in [1.165, 1.54) is 37.8 Å². The first-order chi connectivity index (χ1) is 14.2. The zero-order valence-electron chi connectivity index (χ0n) is 18.0. The molecule has 2 aromatic carbocycles. The average Bonchev–Trinajstić information content (AvgIpc) is 2.73. The summed E-state index contributed by atoms with van der Waals surface area (Å²) in [6.07, 6.45) is 2.47. The predicted octanol–water partition coefficient (Wildman–Crippen LogP) is 4.06. The van der Waals surface area contributed by atoms with E-state index < -0.39 is 22.0 Å². The summed E-state index contributed by atoms with van der Waals surface area (Å²) in [4.78, 5) is 14.3. The number of hydrogen-bond donors (Lipinski definition) is 1. The van der Waals surface area contributed by atoms with Gasteiger partial charge in [-0.05, 0) is 68.0 Å². The van der Waals surface area contributed by atoms with Crippen molar-refractivity contribution in [2.75, 3.05) is 25.1 Å². The first kappa shape index (κ1) is 22.3. The number of hydrogen-bond acceptors (Lipinski definition) is 5. The number of piperidine rings is 1. The summed E-state index contributed by atoms with van der Waals surface area (Å²) in [6, 6.07) is 12.1. The van der Waals surface area contributed by atoms with Gasteiger partial charge in [0, 0.05) is 24.8 Å². The van der Waals surface area contributed by atoms with Gasteiger partial charge in [0.2, 0.25) is 10.0 Å². The lowest BCUT2D eigenvalue weighted by Crippen LogP contribution is -2.34. The smallest absolute Gasteiger partial charge is 0.338 e. The Hall–Kier alpha value is -2.38. The number of ether oxygens (including phenoxy) is 1. The van der Waals surface area contributed by atoms with Gasteiger partial charge in [0.15, 0.2) is 0 Å². The molecule has 0 aliphatic carbocycles. The van der Waals surface area contributed by atoms with Crippen molar-refractivity contribution in [3.8, 4) is 0 Å². The molecular weight excluding hydrogens is 400 g/mol. The SMILES string of the molecule is COC(=O)c1cc(S(=O)(=O)NC(C)c2ccc(N3CCCC(C)C3)cc2)ccc1C. The van der Waals surface area contributed by atoms with Crippen molar-refractivity contribution in [1.29, 1.82) is 0 Å². The second-order valence-electron chi connectivity index (χ2n) is 8.10. The fraction of sp³-hybridized carbons (Fsp3) is 0.435. The molecule has 6 nitrogen and oxygen atoms in total. The highest BCUT2D eigenvalue weighted by Crippen LogP contribution is 2.25. The van der Waals surface area contributed by atoms with Crippen LogP contribution in [-0.2, 0) is 14.8 Å². The largest absolute Gasteiger partial charge is 0.465 e. The topological polar surface area (TPSA) is 75.7 Å². The third-order valence-electron chi connectivity index (χ3n) is 5.67. The number of nitrogens with zero attached hydrogens (tertiary/aromatic N) is 1. The van der Waals surface area contributed by atoms with E-state index in [1.54, 1.807) is 13.0 Å². The zero-order valence-corrected chi connectivity index (χ0v) is 18.8. The second kappa shape index (κ2) is 9.18. The lowest BCUT2D eigenvalue weighted by atomic mass is 9.99. The van der Waals surface area contributed by atoms with Crippen LogP contribution in [0.5, 0.6) is 0 Å². The highest BCUT2D eigenvalue weighted by molar-refractivity contribution is 7.89. The minimum Gasteiger partial charge on any atom is -0.465 e. The van der Waals surface area contributed by atoms with Gasteiger partial charge in [-0.1, -0.05) is 25.1 Å². The Morgan fingerprint density at radius 2 is 1.90 bits per heavy atom. The van der Waals surface area contributed by atoms with Crippen LogP contribution < -0.4 is 9.62 Å². The molecule has 162 valence electrons. The summed E-state index contributed by atoms with van der Waals surface area (Å²) in [6.45, 7) is 7.93. The van der Waals surface area contributed by atoms with Crippen LogP contribution in [0.2, 0.25) is 0 Å². The number of methoxy groups -OCH3 is 1. The molecule has 1 aliphatic heterocycles. The van der Waals surface area contributed by atoms with Crippen LogP contribution in [0.25, 0.3) is 0 Å². The van der Waals surface area contributed by atoms with Gasteiger partial charge in [0.05, 0.1) is 17.6 Å². The summed E-state index contributed by atoms with van der Waals surface area (Å²) in [5.41, 5.74) is 2.96. The molecule has 0 spiro atoms. The van der Waals surface area contributed by atoms with Crippen molar-refractivity contribution in [1.82, 2.24) is 4.72 Å². The molecule has 0 radical (unpaired) electrons. The monoisotopic (exact) mass is 430 g/mol. The lowest BCUT2D eigenvalue weighted by molar-refractivity contribution is 0.0599. The van der Waals surface area contributed by atoms with Crippen molar-refractivity contribution in [2.45, 2.75) is 44.6 Å². The Morgan fingerprint density at radius 1 is 1.20 bits per heavy atom. The van der Waals surface area contributed by atoms with Crippen LogP contribution in [0.4, 0.5) is 5.69 Å². The van der Waals surface area contributed by atoms with Gasteiger partial charge in [-0.3, -0.25) is 0 Å². The number of carbonyl (C=O) groups excluding carboxylic acids is 1. The van der Waals surface area contributed by atoms with E-state index in [0.717, 1.165) is 18.7 Å². The van der Waals surface area contributed by atoms with E-state index in [1.807, 2.05) is 19.1 Å². The normalized spacial score (nSPS) is 18.1. The molecule has 1 N–H and O–H groups in total. The van der Waals surface area contributed by atoms with Gasteiger partial charge >= 0.3 is 5.97 Å². The molecule has 0 aromatic heterocycles. The predicted molar refractivity (Wildman–Crippen MR) is 118 cm³/mol. The van der Waals surface area contributed by atoms with Crippen molar-refractivity contribution >= 4 is 21.7 Å². The fourth-order valence-electron chi connectivity index (χ4n) is 3.86. The number of rotatable bonds is 6. The molecule has 1 fully saturated rings. The highest BCUT2D eigenvalue weighted by atomic mass is 32.2. The van der Waals surface area contributed by atoms with Crippen molar-refractivity contribution in [2.24, 2.45) is 5.92 Å². The number of carbonyl (C=O) groups is 1. The van der Waals surface area contributed by atoms with E-state index in [4.69, 9.17) is 4.74 Å². The highest BCUT2D eigenvalue weighted by Gasteiger charge is 2.22. The molecule has 2 aromatic rings. The molecule has 3 rings (SSSR count). The van der Waals surface area contributed by atoms with Crippen molar-refractivity contribution in [3.05, 3.63) is 59.2 Å². The van der Waals surface area contributed by atoms with Crippen LogP contribution >= 0.6 is 0 Å². The number of anilines is 1. The van der Waals surface area contributed by atoms with E-state index in [2.05, 4.69) is 28.7 Å². The lowest BCUT2D eigenvalue weighted by Gasteiger charge is -2.33. The molecule has 1 heterocycles. The Kier molecular flexibility index (Phi) is 6.83. The third kappa shape index (κ3) is 5.02. The maximum atomic E-state index is 12.9. The number of aryl methyl sites for hydroxylation is 1. The van der Waals surface area contributed by atoms with Crippen LogP contribution in [0.15, 0.2) is 47.4 Å². The second-order valence-corrected chi connectivity index (χ2v) is 9.81. The molecule has 30 heavy (non-hydrogen) atoms. The van der Waals surface area contributed by atoms with Gasteiger partial charge in [-0.2, -0.15) is 0 Å². The Balaban J connectivity index is 1.75. The van der Waals surface area contributed by atoms with E-state index >= 15 is 0 Å². The number of sulfonamides is 1. The summed E-state index contributed by atoms with van der Waals surface area (Å²) < 4.78 is 33.2. The summed E-state index contributed by atoms with van der Waals surface area (Å²) in [5.74, 6) is 0.133. The van der Waals surface area contributed by atoms with Crippen LogP contribution in [-0.4, -0.2) is 34.6 Å². The van der Waals surface area contributed by atoms with Crippen molar-refractivity contribution < 1.29 is 17.9 Å². The Labute approximate surface area is 179 Å². The molecule has 0 saturated carbocycles. The molecule has 2 unspecified atom stereocenters. The van der Waals surface area contributed by atoms with Gasteiger partial charge in [0.1, 0.15) is 0 Å². The third-order valence-corrected chi connectivity index (χ3v) is 7.21. The number of esters is 1. The maximum absolute atomic E-state index is 12.9. The molecule has 7 heteroatoms. The molecule has 2 atom stereocenters. The number of nitrogens with one attached hydrogen (secondary N) is 1. The van der Waals surface area contributed by atoms with Gasteiger partial charge in [-0.25, -0.2) is 17.9 Å². The summed E-state index contributed by atoms with van der Waals surface area (Å²) in [7, 11) is -2.52. The van der Waals surface area contributed by atoms with Gasteiger partial charge in [-0.15, -0.1) is 0 Å². The van der Waals surface area contributed by atoms with Gasteiger partial charge in [0.25, 0.3) is 0 Å². The standard InChI is InChI=1S/C23H30N2O4S/c1-16-6-5-13-25(15-16)20-10-8-19(9-11-20)18(3)24-30(27,28)21-12-7-17(2)22(14-21)23(26)29-4/h7-12,14,16,18,24H,5-6,13,15H2,1-4H3. The van der Waals surface area contributed by atoms with Crippen molar-refractivity contribution in [3.63, 3.8) is 0 Å². The maximum Gasteiger partial charge on any atom is 0.338 e. The molecule has 0 bridgehead atoms. The Bertz CT molecular complexity index is 1000. The van der Waals surface area contributed by atoms with Crippen LogP contribution in [0.3, 0.4) is 0 Å². The molecule has 0 amide bonds. The summed E-state index contributed by atoms with van der Waals surface area (Å²) in [5, 5.41) is 0. The van der Waals surface area contributed by atoms with E-state index in [-0.39, 0.29) is 10.5 Å². The average molecular weight is 431 g/mol. The number of benzene rings is 2. The Morgan fingerprint density at radius 3 is 2.53 bits per heavy atom. The van der Waals surface area contributed by atoms with E-state index in [9.17, 15) is 13.2 Å². The fourth-order valence-corrected chi connectivity index (χ4v) is 5.12. The molecular formula is C23H30N2O4S. The zero-order chi connectivity index (χ0) is 21.9. The van der Waals surface area contributed by atoms with Crippen LogP contribution in [0.1, 0.15) is 54.2 Å². The minimum absolute atomic E-state index is 0.0410. The molecule has 1 aliphatic rings. The van der Waals surface area contributed by atoms with E-state index in [0.29, 0.717) is 11.5 Å². The minimum atomic E-state index is -3.79. The first-order valence-corrected chi connectivity index (χ1v) is 11.8. The first-order valence-electron chi connectivity index (χ1n) is 10.3. The summed E-state index contributed by atoms with van der Waals surface area (Å²) >= 11 is 0.